The van der Waals surface area contributed by atoms with Gasteiger partial charge in [-0.1, -0.05) is 0 Å². The van der Waals surface area contributed by atoms with Gasteiger partial charge in [-0.15, -0.1) is 0 Å². The Kier molecular flexibility index (Phi) is 2.43. The minimum absolute atomic E-state index is 0.0179. The van der Waals surface area contributed by atoms with Crippen molar-refractivity contribution < 1.29 is 13.9 Å². The van der Waals surface area contributed by atoms with Crippen molar-refractivity contribution >= 4 is 11.0 Å². The number of hydrogen-bond acceptors (Lipinski definition) is 3. The van der Waals surface area contributed by atoms with Gasteiger partial charge in [0.25, 0.3) is 5.56 Å². The van der Waals surface area contributed by atoms with Gasteiger partial charge in [-0.05, 0) is 6.92 Å². The molecule has 0 bridgehead atoms. The van der Waals surface area contributed by atoms with Gasteiger partial charge in [0, 0.05) is 6.07 Å². The summed E-state index contributed by atoms with van der Waals surface area (Å²) in [4.78, 5) is 17.3. The highest BCUT2D eigenvalue weighted by molar-refractivity contribution is 5.75. The molecule has 0 saturated carbocycles. The quantitative estimate of drug-likeness (QED) is 0.762. The molecule has 16 heavy (non-hydrogen) atoms. The van der Waals surface area contributed by atoms with Gasteiger partial charge >= 0.3 is 0 Å². The van der Waals surface area contributed by atoms with Crippen LogP contribution in [0.1, 0.15) is 11.3 Å². The summed E-state index contributed by atoms with van der Waals surface area (Å²) in [6.45, 7) is 0.664. The third-order valence-corrected chi connectivity index (χ3v) is 2.31. The van der Waals surface area contributed by atoms with Crippen LogP contribution in [-0.4, -0.2) is 15.1 Å². The smallest absolute Gasteiger partial charge is 0.269 e. The van der Waals surface area contributed by atoms with Crippen LogP contribution in [0, 0.1) is 18.6 Å². The molecular weight excluding hydrogens is 218 g/mol. The highest BCUT2D eigenvalue weighted by Crippen LogP contribution is 2.20. The lowest BCUT2D eigenvalue weighted by Crippen LogP contribution is -2.13. The van der Waals surface area contributed by atoms with Crippen molar-refractivity contribution in [1.82, 2.24) is 9.97 Å². The summed E-state index contributed by atoms with van der Waals surface area (Å²) in [5, 5.41) is 8.79. The molecule has 0 unspecified atom stereocenters. The Bertz CT molecular complexity index is 622. The molecule has 2 aromatic rings. The minimum Gasteiger partial charge on any atom is -0.391 e. The summed E-state index contributed by atoms with van der Waals surface area (Å²) in [6, 6.07) is 0.979. The van der Waals surface area contributed by atoms with Crippen LogP contribution in [0.3, 0.4) is 0 Å². The molecule has 0 radical (unpaired) electrons. The number of rotatable bonds is 1. The van der Waals surface area contributed by atoms with Crippen molar-refractivity contribution in [2.75, 3.05) is 0 Å². The third-order valence-electron chi connectivity index (χ3n) is 2.31. The van der Waals surface area contributed by atoms with Crippen molar-refractivity contribution in [3.63, 3.8) is 0 Å². The Morgan fingerprint density at radius 3 is 2.81 bits per heavy atom. The normalized spacial score (nSPS) is 11.0. The molecule has 4 nitrogen and oxygen atoms in total. The topological polar surface area (TPSA) is 66.0 Å². The first-order valence-electron chi connectivity index (χ1n) is 4.53. The van der Waals surface area contributed by atoms with E-state index in [1.807, 2.05) is 0 Å². The van der Waals surface area contributed by atoms with Crippen molar-refractivity contribution in [3.05, 3.63) is 39.3 Å². The summed E-state index contributed by atoms with van der Waals surface area (Å²) in [5.74, 6) is -1.87. The second-order valence-electron chi connectivity index (χ2n) is 3.35. The van der Waals surface area contributed by atoms with E-state index < -0.39 is 29.4 Å². The molecule has 0 amide bonds. The average Bonchev–Trinajstić information content (AvgIpc) is 2.22. The number of halogens is 2. The van der Waals surface area contributed by atoms with Crippen LogP contribution in [0.15, 0.2) is 10.9 Å². The predicted molar refractivity (Wildman–Crippen MR) is 52.9 cm³/mol. The summed E-state index contributed by atoms with van der Waals surface area (Å²) < 4.78 is 26.9. The van der Waals surface area contributed by atoms with E-state index in [4.69, 9.17) is 5.11 Å². The Balaban J connectivity index is 2.93. The SMILES string of the molecule is Cc1nc2cc(F)c(CO)c(F)c2[nH]c1=O. The largest absolute Gasteiger partial charge is 0.391 e. The number of aliphatic hydroxyl groups excluding tert-OH is 1. The number of aromatic amines is 1. The Hall–Kier alpha value is -1.82. The standard InChI is InChI=1S/C10H8F2N2O2/c1-4-10(16)14-9-7(13-4)2-6(11)5(3-15)8(9)12/h2,15H,3H2,1H3,(H,14,16). The highest BCUT2D eigenvalue weighted by Gasteiger charge is 2.15. The van der Waals surface area contributed by atoms with Crippen molar-refractivity contribution in [1.29, 1.82) is 0 Å². The first kappa shape index (κ1) is 10.7. The monoisotopic (exact) mass is 226 g/mol. The zero-order valence-electron chi connectivity index (χ0n) is 8.34. The molecular formula is C10H8F2N2O2. The van der Waals surface area contributed by atoms with E-state index in [9.17, 15) is 13.6 Å². The van der Waals surface area contributed by atoms with E-state index in [0.29, 0.717) is 0 Å². The van der Waals surface area contributed by atoms with Crippen LogP contribution < -0.4 is 5.56 Å². The number of H-pyrrole nitrogens is 1. The molecule has 2 rings (SSSR count). The zero-order valence-corrected chi connectivity index (χ0v) is 8.34. The summed E-state index contributed by atoms with van der Waals surface area (Å²) >= 11 is 0. The lowest BCUT2D eigenvalue weighted by atomic mass is 10.1. The van der Waals surface area contributed by atoms with Crippen LogP contribution in [0.5, 0.6) is 0 Å². The maximum absolute atomic E-state index is 13.6. The van der Waals surface area contributed by atoms with Gasteiger partial charge in [-0.2, -0.15) is 0 Å². The first-order valence-corrected chi connectivity index (χ1v) is 4.53. The van der Waals surface area contributed by atoms with E-state index in [2.05, 4.69) is 9.97 Å². The van der Waals surface area contributed by atoms with Gasteiger partial charge in [0.15, 0.2) is 5.82 Å². The number of aliphatic hydroxyl groups is 1. The van der Waals surface area contributed by atoms with E-state index in [1.54, 1.807) is 0 Å². The number of nitrogens with zero attached hydrogens (tertiary/aromatic N) is 1. The fraction of sp³-hybridized carbons (Fsp3) is 0.200. The third kappa shape index (κ3) is 1.47. The molecule has 1 aromatic heterocycles. The number of fused-ring (bicyclic) bond motifs is 1. The summed E-state index contributed by atoms with van der Waals surface area (Å²) in [6.07, 6.45) is 0. The second-order valence-corrected chi connectivity index (χ2v) is 3.35. The number of aryl methyl sites for hydroxylation is 1. The van der Waals surface area contributed by atoms with Gasteiger partial charge < -0.3 is 10.1 Å². The molecule has 0 spiro atoms. The first-order chi connectivity index (χ1) is 7.54. The molecule has 6 heteroatoms. The predicted octanol–water partition coefficient (Wildman–Crippen LogP) is 1.00. The van der Waals surface area contributed by atoms with Crippen LogP contribution in [0.2, 0.25) is 0 Å². The van der Waals surface area contributed by atoms with E-state index in [0.717, 1.165) is 6.07 Å². The van der Waals surface area contributed by atoms with Crippen molar-refractivity contribution in [2.24, 2.45) is 0 Å². The van der Waals surface area contributed by atoms with E-state index >= 15 is 0 Å². The molecule has 0 atom stereocenters. The molecule has 0 aliphatic heterocycles. The van der Waals surface area contributed by atoms with Gasteiger partial charge in [0.2, 0.25) is 0 Å². The fourth-order valence-electron chi connectivity index (χ4n) is 1.43. The summed E-state index contributed by atoms with van der Waals surface area (Å²) in [7, 11) is 0. The highest BCUT2D eigenvalue weighted by atomic mass is 19.1. The van der Waals surface area contributed by atoms with Crippen LogP contribution in [0.25, 0.3) is 11.0 Å². The fourth-order valence-corrected chi connectivity index (χ4v) is 1.43. The maximum atomic E-state index is 13.6. The lowest BCUT2D eigenvalue weighted by molar-refractivity contribution is 0.269. The molecule has 1 aromatic carbocycles. The van der Waals surface area contributed by atoms with Gasteiger partial charge in [0.05, 0.1) is 17.7 Å². The molecule has 0 fully saturated rings. The average molecular weight is 226 g/mol. The van der Waals surface area contributed by atoms with Crippen LogP contribution in [-0.2, 0) is 6.61 Å². The Morgan fingerprint density at radius 1 is 1.50 bits per heavy atom. The number of aromatic nitrogens is 2. The van der Waals surface area contributed by atoms with E-state index in [-0.39, 0.29) is 16.7 Å². The van der Waals surface area contributed by atoms with Gasteiger partial charge in [-0.25, -0.2) is 13.8 Å². The number of benzene rings is 1. The Morgan fingerprint density at radius 2 is 2.19 bits per heavy atom. The molecule has 84 valence electrons. The minimum atomic E-state index is -0.984. The van der Waals surface area contributed by atoms with Crippen LogP contribution >= 0.6 is 0 Å². The van der Waals surface area contributed by atoms with Crippen molar-refractivity contribution in [3.8, 4) is 0 Å². The molecule has 1 heterocycles. The maximum Gasteiger partial charge on any atom is 0.269 e. The van der Waals surface area contributed by atoms with Gasteiger partial charge in [0.1, 0.15) is 17.0 Å². The lowest BCUT2D eigenvalue weighted by Gasteiger charge is -2.05. The molecule has 0 aliphatic carbocycles. The Labute approximate surface area is 88.6 Å². The summed E-state index contributed by atoms with van der Waals surface area (Å²) in [5.41, 5.74) is -1.07. The number of hydrogen-bond donors (Lipinski definition) is 2. The van der Waals surface area contributed by atoms with Crippen molar-refractivity contribution in [2.45, 2.75) is 13.5 Å². The number of nitrogens with one attached hydrogen (secondary N) is 1. The van der Waals surface area contributed by atoms with E-state index in [1.165, 1.54) is 6.92 Å². The second kappa shape index (κ2) is 3.64. The van der Waals surface area contributed by atoms with Crippen LogP contribution in [0.4, 0.5) is 8.78 Å². The molecule has 0 aliphatic rings. The molecule has 2 N–H and O–H groups in total. The van der Waals surface area contributed by atoms with Gasteiger partial charge in [-0.3, -0.25) is 4.79 Å². The molecule has 0 saturated heterocycles. The zero-order chi connectivity index (χ0) is 11.9.